The zero-order valence-corrected chi connectivity index (χ0v) is 7.00. The average Bonchev–Trinajstić information content (AvgIpc) is 1.99. The van der Waals surface area contributed by atoms with Gasteiger partial charge in [0.2, 0.25) is 0 Å². The molecule has 1 N–H and O–H groups in total. The predicted octanol–water partition coefficient (Wildman–Crippen LogP) is 2.26. The third kappa shape index (κ3) is 1.48. The SMILES string of the molecule is Cc1cc([N+](=O)[O-])cc(O)c1Cl. The second kappa shape index (κ2) is 2.98. The quantitative estimate of drug-likeness (QED) is 0.542. The van der Waals surface area contributed by atoms with Gasteiger partial charge in [-0.25, -0.2) is 0 Å². The van der Waals surface area contributed by atoms with Crippen LogP contribution in [0.4, 0.5) is 5.69 Å². The number of phenols is 1. The Morgan fingerprint density at radius 3 is 2.58 bits per heavy atom. The molecule has 12 heavy (non-hydrogen) atoms. The number of aromatic hydroxyl groups is 1. The van der Waals surface area contributed by atoms with E-state index in [1.54, 1.807) is 6.92 Å². The number of benzene rings is 1. The van der Waals surface area contributed by atoms with Gasteiger partial charge in [-0.15, -0.1) is 0 Å². The van der Waals surface area contributed by atoms with Crippen molar-refractivity contribution < 1.29 is 10.0 Å². The molecule has 0 bridgehead atoms. The van der Waals surface area contributed by atoms with Crippen molar-refractivity contribution in [2.24, 2.45) is 0 Å². The van der Waals surface area contributed by atoms with Gasteiger partial charge in [0.25, 0.3) is 5.69 Å². The molecule has 0 heterocycles. The first-order valence-corrected chi connectivity index (χ1v) is 3.53. The van der Waals surface area contributed by atoms with Crippen molar-refractivity contribution in [3.8, 4) is 5.75 Å². The Hall–Kier alpha value is -1.29. The van der Waals surface area contributed by atoms with E-state index in [1.807, 2.05) is 0 Å². The Bertz CT molecular complexity index is 314. The van der Waals surface area contributed by atoms with E-state index in [0.29, 0.717) is 5.56 Å². The van der Waals surface area contributed by atoms with E-state index in [-0.39, 0.29) is 16.5 Å². The summed E-state index contributed by atoms with van der Waals surface area (Å²) in [6, 6.07) is 2.33. The highest BCUT2D eigenvalue weighted by atomic mass is 35.5. The van der Waals surface area contributed by atoms with Gasteiger partial charge in [-0.1, -0.05) is 11.6 Å². The van der Waals surface area contributed by atoms with E-state index < -0.39 is 4.92 Å². The summed E-state index contributed by atoms with van der Waals surface area (Å²) >= 11 is 5.58. The second-order valence-electron chi connectivity index (χ2n) is 2.35. The highest BCUT2D eigenvalue weighted by molar-refractivity contribution is 6.32. The molecule has 0 radical (unpaired) electrons. The molecule has 0 amide bonds. The highest BCUT2D eigenvalue weighted by Gasteiger charge is 2.11. The highest BCUT2D eigenvalue weighted by Crippen LogP contribution is 2.31. The maximum Gasteiger partial charge on any atom is 0.273 e. The molecule has 0 fully saturated rings. The van der Waals surface area contributed by atoms with Gasteiger partial charge in [0.05, 0.1) is 16.0 Å². The minimum atomic E-state index is -0.580. The van der Waals surface area contributed by atoms with E-state index in [4.69, 9.17) is 16.7 Å². The molecular weight excluding hydrogens is 182 g/mol. The van der Waals surface area contributed by atoms with Gasteiger partial charge in [-0.3, -0.25) is 10.1 Å². The smallest absolute Gasteiger partial charge is 0.273 e. The van der Waals surface area contributed by atoms with Crippen LogP contribution in [0.1, 0.15) is 5.56 Å². The molecule has 1 aromatic rings. The van der Waals surface area contributed by atoms with Crippen molar-refractivity contribution >= 4 is 17.3 Å². The van der Waals surface area contributed by atoms with Gasteiger partial charge in [-0.05, 0) is 12.5 Å². The second-order valence-corrected chi connectivity index (χ2v) is 2.73. The summed E-state index contributed by atoms with van der Waals surface area (Å²) in [6.07, 6.45) is 0. The van der Waals surface area contributed by atoms with Crippen LogP contribution in [0.3, 0.4) is 0 Å². The van der Waals surface area contributed by atoms with Crippen molar-refractivity contribution in [3.05, 3.63) is 32.8 Å². The van der Waals surface area contributed by atoms with Crippen molar-refractivity contribution in [2.75, 3.05) is 0 Å². The Morgan fingerprint density at radius 2 is 2.17 bits per heavy atom. The first kappa shape index (κ1) is 8.80. The maximum atomic E-state index is 10.3. The summed E-state index contributed by atoms with van der Waals surface area (Å²) in [4.78, 5) is 9.69. The normalized spacial score (nSPS) is 9.83. The zero-order chi connectivity index (χ0) is 9.30. The summed E-state index contributed by atoms with van der Waals surface area (Å²) in [7, 11) is 0. The predicted molar refractivity (Wildman–Crippen MR) is 44.5 cm³/mol. The van der Waals surface area contributed by atoms with Crippen molar-refractivity contribution in [1.29, 1.82) is 0 Å². The van der Waals surface area contributed by atoms with Gasteiger partial charge in [0.1, 0.15) is 5.75 Å². The van der Waals surface area contributed by atoms with E-state index >= 15 is 0 Å². The molecule has 0 saturated heterocycles. The molecule has 0 aliphatic rings. The largest absolute Gasteiger partial charge is 0.506 e. The molecule has 1 aromatic carbocycles. The number of hydrogen-bond donors (Lipinski definition) is 1. The van der Waals surface area contributed by atoms with Gasteiger partial charge in [-0.2, -0.15) is 0 Å². The van der Waals surface area contributed by atoms with E-state index in [0.717, 1.165) is 6.07 Å². The number of hydrogen-bond acceptors (Lipinski definition) is 3. The summed E-state index contributed by atoms with van der Waals surface area (Å²) in [6.45, 7) is 1.59. The number of non-ortho nitro benzene ring substituents is 1. The maximum absolute atomic E-state index is 10.3. The molecule has 64 valence electrons. The third-order valence-electron chi connectivity index (χ3n) is 1.43. The van der Waals surface area contributed by atoms with Crippen LogP contribution in [0, 0.1) is 17.0 Å². The Labute approximate surface area is 73.5 Å². The standard InChI is InChI=1S/C7H6ClNO3/c1-4-2-5(9(11)12)3-6(10)7(4)8/h2-3,10H,1H3. The molecule has 0 atom stereocenters. The van der Waals surface area contributed by atoms with Crippen LogP contribution in [-0.4, -0.2) is 10.0 Å². The first-order valence-electron chi connectivity index (χ1n) is 3.16. The fourth-order valence-electron chi connectivity index (χ4n) is 0.838. The molecule has 1 rings (SSSR count). The van der Waals surface area contributed by atoms with Crippen LogP contribution < -0.4 is 0 Å². The minimum Gasteiger partial charge on any atom is -0.506 e. The summed E-state index contributed by atoms with van der Waals surface area (Å²) in [5, 5.41) is 19.5. The number of nitrogens with zero attached hydrogens (tertiary/aromatic N) is 1. The molecule has 0 aliphatic heterocycles. The zero-order valence-electron chi connectivity index (χ0n) is 6.24. The lowest BCUT2D eigenvalue weighted by Gasteiger charge is -1.99. The van der Waals surface area contributed by atoms with Gasteiger partial charge < -0.3 is 5.11 Å². The van der Waals surface area contributed by atoms with Crippen molar-refractivity contribution in [1.82, 2.24) is 0 Å². The van der Waals surface area contributed by atoms with Crippen LogP contribution in [0.5, 0.6) is 5.75 Å². The molecule has 0 unspecified atom stereocenters. The average molecular weight is 188 g/mol. The van der Waals surface area contributed by atoms with Crippen LogP contribution in [0.25, 0.3) is 0 Å². The fourth-order valence-corrected chi connectivity index (χ4v) is 0.947. The molecule has 4 nitrogen and oxygen atoms in total. The van der Waals surface area contributed by atoms with E-state index in [2.05, 4.69) is 0 Å². The van der Waals surface area contributed by atoms with Gasteiger partial charge in [0.15, 0.2) is 0 Å². The lowest BCUT2D eigenvalue weighted by Crippen LogP contribution is -1.88. The van der Waals surface area contributed by atoms with Gasteiger partial charge in [0, 0.05) is 6.07 Å². The number of nitro benzene ring substituents is 1. The molecule has 5 heteroatoms. The molecule has 0 spiro atoms. The topological polar surface area (TPSA) is 63.4 Å². The van der Waals surface area contributed by atoms with Crippen LogP contribution in [-0.2, 0) is 0 Å². The monoisotopic (exact) mass is 187 g/mol. The van der Waals surface area contributed by atoms with Crippen LogP contribution in [0.15, 0.2) is 12.1 Å². The molecule has 0 saturated carbocycles. The summed E-state index contributed by atoms with van der Waals surface area (Å²) < 4.78 is 0. The Morgan fingerprint density at radius 1 is 1.58 bits per heavy atom. The number of aryl methyl sites for hydroxylation is 1. The minimum absolute atomic E-state index is 0.153. The molecular formula is C7H6ClNO3. The summed E-state index contributed by atoms with van der Waals surface area (Å²) in [5.74, 6) is -0.261. The number of nitro groups is 1. The van der Waals surface area contributed by atoms with Crippen LogP contribution in [0.2, 0.25) is 5.02 Å². The van der Waals surface area contributed by atoms with E-state index in [9.17, 15) is 10.1 Å². The summed E-state index contributed by atoms with van der Waals surface area (Å²) in [5.41, 5.74) is 0.331. The lowest BCUT2D eigenvalue weighted by molar-refractivity contribution is -0.385. The first-order chi connectivity index (χ1) is 5.52. The Kier molecular flexibility index (Phi) is 2.19. The van der Waals surface area contributed by atoms with E-state index in [1.165, 1.54) is 6.07 Å². The third-order valence-corrected chi connectivity index (χ3v) is 1.92. The fraction of sp³-hybridized carbons (Fsp3) is 0.143. The van der Waals surface area contributed by atoms with Gasteiger partial charge >= 0.3 is 0 Å². The number of halogens is 1. The van der Waals surface area contributed by atoms with Crippen molar-refractivity contribution in [3.63, 3.8) is 0 Å². The van der Waals surface area contributed by atoms with Crippen LogP contribution >= 0.6 is 11.6 Å². The van der Waals surface area contributed by atoms with Crippen molar-refractivity contribution in [2.45, 2.75) is 6.92 Å². The molecule has 0 aromatic heterocycles. The Balaban J connectivity index is 3.31. The molecule has 0 aliphatic carbocycles. The number of phenolic OH excluding ortho intramolecular Hbond substituents is 1. The number of rotatable bonds is 1. The lowest BCUT2D eigenvalue weighted by atomic mass is 10.2.